The maximum absolute atomic E-state index is 6.35. The lowest BCUT2D eigenvalue weighted by Crippen LogP contribution is -2.14. The standard InChI is InChI=1S/C62H45N3O2/c1-42-25-29-47(30-26-42)63(48-31-27-43(2)28-32-48)51-37-44(38-52(39-51)64(45-15-5-3-6-16-45)49-33-35-61-56(40-49)54-20-10-13-23-59(54)66-61)53-19-9-12-22-58(53)65(46-17-7-4-8-18-46)50-34-36-62-57(41-50)55-21-11-14-24-60(55)67-62/h3-41H,1-2H3. The Balaban J connectivity index is 1.12. The number of aryl methyl sites for hydroxylation is 2. The molecule has 0 atom stereocenters. The molecule has 5 heteroatoms. The molecule has 0 aliphatic rings. The van der Waals surface area contributed by atoms with Crippen molar-refractivity contribution in [3.63, 3.8) is 0 Å². The zero-order chi connectivity index (χ0) is 44.8. The normalized spacial score (nSPS) is 11.4. The molecule has 0 fully saturated rings. The van der Waals surface area contributed by atoms with Gasteiger partial charge in [0.1, 0.15) is 22.3 Å². The van der Waals surface area contributed by atoms with Crippen LogP contribution in [0.1, 0.15) is 11.1 Å². The number of nitrogens with zero attached hydrogens (tertiary/aromatic N) is 3. The van der Waals surface area contributed by atoms with Gasteiger partial charge in [-0.25, -0.2) is 0 Å². The lowest BCUT2D eigenvalue weighted by Gasteiger charge is -2.31. The van der Waals surface area contributed by atoms with Crippen LogP contribution in [0, 0.1) is 13.8 Å². The molecule has 0 aliphatic heterocycles. The first kappa shape index (κ1) is 39.8. The molecule has 0 saturated heterocycles. The van der Waals surface area contributed by atoms with Gasteiger partial charge in [0.05, 0.1) is 5.69 Å². The van der Waals surface area contributed by atoms with Gasteiger partial charge >= 0.3 is 0 Å². The molecular weight excluding hydrogens is 819 g/mol. The van der Waals surface area contributed by atoms with Crippen molar-refractivity contribution in [3.05, 3.63) is 248 Å². The van der Waals surface area contributed by atoms with Crippen molar-refractivity contribution < 1.29 is 8.83 Å². The highest BCUT2D eigenvalue weighted by molar-refractivity contribution is 6.08. The molecule has 0 bridgehead atoms. The van der Waals surface area contributed by atoms with Gasteiger partial charge in [-0.1, -0.05) is 126 Å². The Morgan fingerprint density at radius 1 is 0.269 bits per heavy atom. The quantitative estimate of drug-likeness (QED) is 0.137. The van der Waals surface area contributed by atoms with E-state index in [1.807, 2.05) is 24.3 Å². The number of hydrogen-bond donors (Lipinski definition) is 0. The van der Waals surface area contributed by atoms with Gasteiger partial charge in [0.2, 0.25) is 0 Å². The number of anilines is 9. The highest BCUT2D eigenvalue weighted by atomic mass is 16.3. The van der Waals surface area contributed by atoms with Crippen LogP contribution < -0.4 is 14.7 Å². The summed E-state index contributed by atoms with van der Waals surface area (Å²) in [6.45, 7) is 4.28. The molecule has 0 spiro atoms. The summed E-state index contributed by atoms with van der Waals surface area (Å²) < 4.78 is 12.7. The molecule has 2 heterocycles. The summed E-state index contributed by atoms with van der Waals surface area (Å²) in [5, 5.41) is 4.32. The Morgan fingerprint density at radius 2 is 0.657 bits per heavy atom. The Hall–Kier alpha value is -8.80. The average molecular weight is 864 g/mol. The first-order valence-electron chi connectivity index (χ1n) is 22.7. The molecular formula is C62H45N3O2. The largest absolute Gasteiger partial charge is 0.456 e. The third kappa shape index (κ3) is 7.33. The van der Waals surface area contributed by atoms with E-state index in [0.717, 1.165) is 106 Å². The Bertz CT molecular complexity index is 3680. The van der Waals surface area contributed by atoms with Gasteiger partial charge in [-0.05, 0) is 141 Å². The molecule has 5 nitrogen and oxygen atoms in total. The first-order chi connectivity index (χ1) is 33.0. The molecule has 0 saturated carbocycles. The fourth-order valence-corrected chi connectivity index (χ4v) is 9.49. The number of furan rings is 2. The van der Waals surface area contributed by atoms with Crippen LogP contribution in [0.5, 0.6) is 0 Å². The smallest absolute Gasteiger partial charge is 0.135 e. The predicted octanol–water partition coefficient (Wildman–Crippen LogP) is 18.2. The van der Waals surface area contributed by atoms with Crippen LogP contribution in [-0.4, -0.2) is 0 Å². The Morgan fingerprint density at radius 3 is 1.19 bits per heavy atom. The zero-order valence-electron chi connectivity index (χ0n) is 37.2. The number of para-hydroxylation sites is 5. The highest BCUT2D eigenvalue weighted by Crippen LogP contribution is 2.48. The SMILES string of the molecule is Cc1ccc(N(c2ccc(C)cc2)c2cc(-c3ccccc3N(c3ccccc3)c3ccc4oc5ccccc5c4c3)cc(N(c3ccccc3)c3ccc4oc5ccccc5c4c3)c2)cc1. The maximum Gasteiger partial charge on any atom is 0.135 e. The van der Waals surface area contributed by atoms with E-state index in [1.165, 1.54) is 11.1 Å². The van der Waals surface area contributed by atoms with E-state index < -0.39 is 0 Å². The molecule has 0 N–H and O–H groups in total. The lowest BCUT2D eigenvalue weighted by molar-refractivity contribution is 0.668. The van der Waals surface area contributed by atoms with Gasteiger partial charge in [-0.2, -0.15) is 0 Å². The van der Waals surface area contributed by atoms with Crippen molar-refractivity contribution in [2.45, 2.75) is 13.8 Å². The minimum absolute atomic E-state index is 0.855. The van der Waals surface area contributed by atoms with Crippen LogP contribution in [0.3, 0.4) is 0 Å². The summed E-state index contributed by atoms with van der Waals surface area (Å²) in [7, 11) is 0. The molecule has 2 aromatic heterocycles. The Kier molecular flexibility index (Phi) is 9.88. The average Bonchev–Trinajstić information content (AvgIpc) is 3.94. The van der Waals surface area contributed by atoms with Crippen LogP contribution in [0.4, 0.5) is 51.2 Å². The van der Waals surface area contributed by atoms with E-state index >= 15 is 0 Å². The van der Waals surface area contributed by atoms with Crippen LogP contribution in [0.2, 0.25) is 0 Å². The molecule has 12 rings (SSSR count). The van der Waals surface area contributed by atoms with Gasteiger partial charge < -0.3 is 23.5 Å². The Labute approximate surface area is 389 Å². The zero-order valence-corrected chi connectivity index (χ0v) is 37.2. The van der Waals surface area contributed by atoms with E-state index in [-0.39, 0.29) is 0 Å². The molecule has 12 aromatic rings. The second-order valence-corrected chi connectivity index (χ2v) is 17.2. The molecule has 320 valence electrons. The first-order valence-corrected chi connectivity index (χ1v) is 22.7. The molecule has 0 unspecified atom stereocenters. The minimum atomic E-state index is 0.855. The highest BCUT2D eigenvalue weighted by Gasteiger charge is 2.24. The van der Waals surface area contributed by atoms with Crippen molar-refractivity contribution in [1.82, 2.24) is 0 Å². The summed E-state index contributed by atoms with van der Waals surface area (Å²) in [5.41, 5.74) is 17.3. The van der Waals surface area contributed by atoms with Gasteiger partial charge in [0.25, 0.3) is 0 Å². The van der Waals surface area contributed by atoms with Crippen LogP contribution >= 0.6 is 0 Å². The summed E-state index contributed by atoms with van der Waals surface area (Å²) in [4.78, 5) is 7.11. The predicted molar refractivity (Wildman–Crippen MR) is 280 cm³/mol. The summed E-state index contributed by atoms with van der Waals surface area (Å²) in [5.74, 6) is 0. The third-order valence-corrected chi connectivity index (χ3v) is 12.7. The maximum atomic E-state index is 6.35. The number of fused-ring (bicyclic) bond motifs is 6. The molecule has 0 radical (unpaired) electrons. The van der Waals surface area contributed by atoms with Crippen molar-refractivity contribution in [3.8, 4) is 11.1 Å². The van der Waals surface area contributed by atoms with E-state index in [0.29, 0.717) is 0 Å². The topological polar surface area (TPSA) is 36.0 Å². The monoisotopic (exact) mass is 863 g/mol. The van der Waals surface area contributed by atoms with Gasteiger partial charge in [-0.3, -0.25) is 0 Å². The van der Waals surface area contributed by atoms with Crippen LogP contribution in [-0.2, 0) is 0 Å². The fraction of sp³-hybridized carbons (Fsp3) is 0.0323. The van der Waals surface area contributed by atoms with Crippen LogP contribution in [0.15, 0.2) is 245 Å². The van der Waals surface area contributed by atoms with Gasteiger partial charge in [-0.15, -0.1) is 0 Å². The van der Waals surface area contributed by atoms with Crippen molar-refractivity contribution >= 4 is 95.1 Å². The number of benzene rings is 10. The third-order valence-electron chi connectivity index (χ3n) is 12.7. The fourth-order valence-electron chi connectivity index (χ4n) is 9.49. The van der Waals surface area contributed by atoms with Crippen LogP contribution in [0.25, 0.3) is 55.0 Å². The van der Waals surface area contributed by atoms with Crippen molar-refractivity contribution in [2.75, 3.05) is 14.7 Å². The summed E-state index contributed by atoms with van der Waals surface area (Å²) in [6, 6.07) is 84.3. The molecule has 67 heavy (non-hydrogen) atoms. The van der Waals surface area contributed by atoms with E-state index in [9.17, 15) is 0 Å². The second-order valence-electron chi connectivity index (χ2n) is 17.2. The van der Waals surface area contributed by atoms with Crippen molar-refractivity contribution in [2.24, 2.45) is 0 Å². The van der Waals surface area contributed by atoms with Gasteiger partial charge in [0, 0.05) is 72.6 Å². The van der Waals surface area contributed by atoms with Gasteiger partial charge in [0.15, 0.2) is 0 Å². The van der Waals surface area contributed by atoms with E-state index in [4.69, 9.17) is 8.83 Å². The van der Waals surface area contributed by atoms with Crippen molar-refractivity contribution in [1.29, 1.82) is 0 Å². The number of hydrogen-bond acceptors (Lipinski definition) is 5. The summed E-state index contributed by atoms with van der Waals surface area (Å²) in [6.07, 6.45) is 0. The molecule has 10 aromatic carbocycles. The summed E-state index contributed by atoms with van der Waals surface area (Å²) >= 11 is 0. The lowest BCUT2D eigenvalue weighted by atomic mass is 9.98. The molecule has 0 aliphatic carbocycles. The minimum Gasteiger partial charge on any atom is -0.456 e. The number of rotatable bonds is 10. The van der Waals surface area contributed by atoms with E-state index in [1.54, 1.807) is 0 Å². The van der Waals surface area contributed by atoms with E-state index in [2.05, 4.69) is 241 Å². The second kappa shape index (κ2) is 16.6. The molecule has 0 amide bonds.